The van der Waals surface area contributed by atoms with Crippen molar-refractivity contribution in [2.24, 2.45) is 0 Å². The molecule has 0 heterocycles. The molecular formula is C12H12F3NO4. The lowest BCUT2D eigenvalue weighted by Crippen LogP contribution is -2.40. The van der Waals surface area contributed by atoms with Gasteiger partial charge in [-0.25, -0.2) is 4.79 Å². The first-order valence-corrected chi connectivity index (χ1v) is 5.47. The van der Waals surface area contributed by atoms with Gasteiger partial charge in [-0.2, -0.15) is 0 Å². The van der Waals surface area contributed by atoms with E-state index >= 15 is 0 Å². The van der Waals surface area contributed by atoms with Crippen LogP contribution in [0.1, 0.15) is 17.3 Å². The van der Waals surface area contributed by atoms with Crippen LogP contribution in [0.2, 0.25) is 0 Å². The van der Waals surface area contributed by atoms with Crippen LogP contribution in [-0.2, 0) is 4.79 Å². The lowest BCUT2D eigenvalue weighted by atomic mass is 10.1. The van der Waals surface area contributed by atoms with Crippen molar-refractivity contribution in [2.75, 3.05) is 7.05 Å². The number of carbonyl (C=O) groups is 2. The molecule has 1 unspecified atom stereocenters. The normalized spacial score (nSPS) is 12.7. The molecule has 0 spiro atoms. The average Bonchev–Trinajstić information content (AvgIpc) is 2.35. The van der Waals surface area contributed by atoms with Crippen LogP contribution in [0.3, 0.4) is 0 Å². The van der Waals surface area contributed by atoms with Crippen LogP contribution in [0.5, 0.6) is 5.75 Å². The molecule has 0 bridgehead atoms. The summed E-state index contributed by atoms with van der Waals surface area (Å²) in [7, 11) is 1.29. The monoisotopic (exact) mass is 291 g/mol. The Balaban J connectivity index is 2.83. The predicted octanol–water partition coefficient (Wildman–Crippen LogP) is 2.13. The molecule has 110 valence electrons. The van der Waals surface area contributed by atoms with Gasteiger partial charge in [0.2, 0.25) is 0 Å². The fourth-order valence-corrected chi connectivity index (χ4v) is 1.34. The molecule has 0 aliphatic carbocycles. The number of hydrogen-bond acceptors (Lipinski definition) is 3. The second kappa shape index (κ2) is 5.81. The summed E-state index contributed by atoms with van der Waals surface area (Å²) >= 11 is 0. The molecule has 0 aliphatic rings. The quantitative estimate of drug-likeness (QED) is 0.922. The summed E-state index contributed by atoms with van der Waals surface area (Å²) < 4.78 is 39.5. The second-order valence-corrected chi connectivity index (χ2v) is 4.00. The van der Waals surface area contributed by atoms with Crippen molar-refractivity contribution in [1.82, 2.24) is 4.90 Å². The molecule has 20 heavy (non-hydrogen) atoms. The summed E-state index contributed by atoms with van der Waals surface area (Å²) in [6, 6.07) is 3.19. The Bertz CT molecular complexity index is 498. The van der Waals surface area contributed by atoms with Gasteiger partial charge in [0.25, 0.3) is 5.91 Å². The van der Waals surface area contributed by atoms with Gasteiger partial charge in [-0.15, -0.1) is 13.2 Å². The van der Waals surface area contributed by atoms with Gasteiger partial charge in [0.15, 0.2) is 0 Å². The zero-order valence-corrected chi connectivity index (χ0v) is 10.6. The van der Waals surface area contributed by atoms with E-state index < -0.39 is 30.0 Å². The number of ether oxygens (including phenoxy) is 1. The van der Waals surface area contributed by atoms with Crippen LogP contribution in [0, 0.1) is 0 Å². The van der Waals surface area contributed by atoms with Crippen molar-refractivity contribution in [3.05, 3.63) is 29.8 Å². The van der Waals surface area contributed by atoms with Crippen LogP contribution < -0.4 is 4.74 Å². The van der Waals surface area contributed by atoms with E-state index in [9.17, 15) is 22.8 Å². The van der Waals surface area contributed by atoms with Crippen LogP contribution in [0.25, 0.3) is 0 Å². The Kier molecular flexibility index (Phi) is 4.59. The smallest absolute Gasteiger partial charge is 0.480 e. The SMILES string of the molecule is CC(C(=O)O)N(C)C(=O)c1ccc(OC(F)(F)F)cc1. The Labute approximate surface area is 112 Å². The Hall–Kier alpha value is -2.25. The average molecular weight is 291 g/mol. The van der Waals surface area contributed by atoms with Crippen molar-refractivity contribution in [3.63, 3.8) is 0 Å². The minimum atomic E-state index is -4.81. The number of carbonyl (C=O) groups excluding carboxylic acids is 1. The number of amides is 1. The molecule has 0 saturated heterocycles. The van der Waals surface area contributed by atoms with E-state index in [1.165, 1.54) is 14.0 Å². The van der Waals surface area contributed by atoms with Crippen molar-refractivity contribution in [1.29, 1.82) is 0 Å². The van der Waals surface area contributed by atoms with Gasteiger partial charge in [-0.3, -0.25) is 4.79 Å². The number of carboxylic acids is 1. The highest BCUT2D eigenvalue weighted by Crippen LogP contribution is 2.23. The molecule has 5 nitrogen and oxygen atoms in total. The van der Waals surface area contributed by atoms with Gasteiger partial charge < -0.3 is 14.7 Å². The molecule has 0 radical (unpaired) electrons. The highest BCUT2D eigenvalue weighted by molar-refractivity contribution is 5.96. The molecule has 1 N–H and O–H groups in total. The summed E-state index contributed by atoms with van der Waals surface area (Å²) in [6.07, 6.45) is -4.81. The number of alkyl halides is 3. The number of hydrogen-bond donors (Lipinski definition) is 1. The molecule has 0 saturated carbocycles. The van der Waals surface area contributed by atoms with Crippen molar-refractivity contribution < 1.29 is 32.6 Å². The summed E-state index contributed by atoms with van der Waals surface area (Å²) in [6.45, 7) is 1.32. The Morgan fingerprint density at radius 1 is 1.25 bits per heavy atom. The maximum Gasteiger partial charge on any atom is 0.573 e. The lowest BCUT2D eigenvalue weighted by Gasteiger charge is -2.21. The highest BCUT2D eigenvalue weighted by Gasteiger charge is 2.31. The number of likely N-dealkylation sites (N-methyl/N-ethyl adjacent to an activating group) is 1. The van der Waals surface area contributed by atoms with Crippen LogP contribution in [0.15, 0.2) is 24.3 Å². The first kappa shape index (κ1) is 15.8. The zero-order valence-electron chi connectivity index (χ0n) is 10.6. The zero-order chi connectivity index (χ0) is 15.5. The van der Waals surface area contributed by atoms with Crippen molar-refractivity contribution in [3.8, 4) is 5.75 Å². The third-order valence-electron chi connectivity index (χ3n) is 2.59. The standard InChI is InChI=1S/C12H12F3NO4/c1-7(11(18)19)16(2)10(17)8-3-5-9(6-4-8)20-12(13,14)15/h3-7H,1-2H3,(H,18,19). The second-order valence-electron chi connectivity index (χ2n) is 4.00. The van der Waals surface area contributed by atoms with Gasteiger partial charge in [0.05, 0.1) is 0 Å². The fraction of sp³-hybridized carbons (Fsp3) is 0.333. The largest absolute Gasteiger partial charge is 0.573 e. The van der Waals surface area contributed by atoms with E-state index in [2.05, 4.69) is 4.74 Å². The minimum absolute atomic E-state index is 0.0649. The van der Waals surface area contributed by atoms with E-state index in [4.69, 9.17) is 5.11 Å². The minimum Gasteiger partial charge on any atom is -0.480 e. The molecule has 1 amide bonds. The molecule has 1 aromatic rings. The predicted molar refractivity (Wildman–Crippen MR) is 62.3 cm³/mol. The van der Waals surface area contributed by atoms with E-state index in [1.807, 2.05) is 0 Å². The third kappa shape index (κ3) is 4.15. The van der Waals surface area contributed by atoms with Gasteiger partial charge in [-0.05, 0) is 31.2 Å². The first-order chi connectivity index (χ1) is 9.11. The van der Waals surface area contributed by atoms with Crippen LogP contribution >= 0.6 is 0 Å². The summed E-state index contributed by atoms with van der Waals surface area (Å²) in [5.74, 6) is -2.25. The molecule has 1 atom stereocenters. The van der Waals surface area contributed by atoms with E-state index in [0.29, 0.717) is 0 Å². The van der Waals surface area contributed by atoms with Gasteiger partial charge in [-0.1, -0.05) is 0 Å². The highest BCUT2D eigenvalue weighted by atomic mass is 19.4. The molecular weight excluding hydrogens is 279 g/mol. The molecule has 8 heteroatoms. The third-order valence-corrected chi connectivity index (χ3v) is 2.59. The molecule has 0 fully saturated rings. The maximum atomic E-state index is 12.0. The number of aliphatic carboxylic acids is 1. The van der Waals surface area contributed by atoms with Crippen LogP contribution in [0.4, 0.5) is 13.2 Å². The summed E-state index contributed by atoms with van der Waals surface area (Å²) in [4.78, 5) is 23.6. The molecule has 0 aromatic heterocycles. The molecule has 0 aliphatic heterocycles. The van der Waals surface area contributed by atoms with Gasteiger partial charge in [0, 0.05) is 12.6 Å². The summed E-state index contributed by atoms with van der Waals surface area (Å²) in [5, 5.41) is 8.78. The topological polar surface area (TPSA) is 66.8 Å². The summed E-state index contributed by atoms with van der Waals surface area (Å²) in [5.41, 5.74) is 0.0649. The Morgan fingerprint density at radius 3 is 2.15 bits per heavy atom. The number of rotatable bonds is 4. The number of halogens is 3. The molecule has 1 aromatic carbocycles. The molecule has 1 rings (SSSR count). The number of benzene rings is 1. The van der Waals surface area contributed by atoms with E-state index in [0.717, 1.165) is 29.2 Å². The van der Waals surface area contributed by atoms with Crippen molar-refractivity contribution >= 4 is 11.9 Å². The number of carboxylic acid groups (broad SMARTS) is 1. The Morgan fingerprint density at radius 2 is 1.75 bits per heavy atom. The first-order valence-electron chi connectivity index (χ1n) is 5.47. The fourth-order valence-electron chi connectivity index (χ4n) is 1.34. The number of nitrogens with zero attached hydrogens (tertiary/aromatic N) is 1. The maximum absolute atomic E-state index is 12.0. The van der Waals surface area contributed by atoms with E-state index in [-0.39, 0.29) is 5.56 Å². The van der Waals surface area contributed by atoms with Crippen molar-refractivity contribution in [2.45, 2.75) is 19.3 Å². The van der Waals surface area contributed by atoms with Gasteiger partial charge in [0.1, 0.15) is 11.8 Å². The van der Waals surface area contributed by atoms with E-state index in [1.54, 1.807) is 0 Å². The lowest BCUT2D eigenvalue weighted by molar-refractivity contribution is -0.274. The van der Waals surface area contributed by atoms with Crippen LogP contribution in [-0.4, -0.2) is 41.3 Å². The van der Waals surface area contributed by atoms with Gasteiger partial charge >= 0.3 is 12.3 Å².